The lowest BCUT2D eigenvalue weighted by Gasteiger charge is -2.41. The number of hydrogen-bond donors (Lipinski definition) is 3. The third kappa shape index (κ3) is 5.42. The van der Waals surface area contributed by atoms with Crippen LogP contribution in [0.1, 0.15) is 51.7 Å². The zero-order chi connectivity index (χ0) is 19.4. The topological polar surface area (TPSA) is 55.5 Å². The Morgan fingerprint density at radius 1 is 1.04 bits per heavy atom. The summed E-state index contributed by atoms with van der Waals surface area (Å²) in [7, 11) is 0. The molecule has 0 aromatic heterocycles. The molecule has 1 aromatic carbocycles. The van der Waals surface area contributed by atoms with Crippen LogP contribution in [-0.4, -0.2) is 18.3 Å². The van der Waals surface area contributed by atoms with E-state index >= 15 is 0 Å². The predicted octanol–water partition coefficient (Wildman–Crippen LogP) is 5.18. The summed E-state index contributed by atoms with van der Waals surface area (Å²) in [6.07, 6.45) is 9.27. The minimum Gasteiger partial charge on any atom is -0.510 e. The average molecular weight is 374 g/mol. The molecule has 0 radical (unpaired) electrons. The molecule has 0 amide bonds. The molecule has 0 atom stereocenters. The van der Waals surface area contributed by atoms with Gasteiger partial charge in [-0.2, -0.15) is 0 Å². The van der Waals surface area contributed by atoms with Crippen LogP contribution in [0.4, 0.5) is 0 Å². The molecule has 0 bridgehead atoms. The highest BCUT2D eigenvalue weighted by molar-refractivity contribution is 7.80. The van der Waals surface area contributed by atoms with Gasteiger partial charge in [0, 0.05) is 10.6 Å². The van der Waals surface area contributed by atoms with Crippen LogP contribution in [0.5, 0.6) is 0 Å². The fraction of sp³-hybridized carbons (Fsp3) is 0.455. The molecule has 142 valence electrons. The third-order valence-corrected chi connectivity index (χ3v) is 5.36. The van der Waals surface area contributed by atoms with Gasteiger partial charge in [-0.05, 0) is 65.2 Å². The molecule has 1 heterocycles. The van der Waals surface area contributed by atoms with Gasteiger partial charge >= 0.3 is 0 Å². The van der Waals surface area contributed by atoms with E-state index < -0.39 is 0 Å². The molecular formula is C22H31NO2S. The highest BCUT2D eigenvalue weighted by atomic mass is 32.1. The molecular weight excluding hydrogens is 342 g/mol. The smallest absolute Gasteiger partial charge is 0.118 e. The first kappa shape index (κ1) is 20.7. The molecule has 3 rings (SSSR count). The Bertz CT molecular complexity index is 730. The molecule has 1 aliphatic carbocycles. The van der Waals surface area contributed by atoms with E-state index in [4.69, 9.17) is 15.6 Å². The van der Waals surface area contributed by atoms with Crippen LogP contribution < -0.4 is 5.73 Å². The lowest BCUT2D eigenvalue weighted by Crippen LogP contribution is -2.33. The molecule has 0 spiro atoms. The lowest BCUT2D eigenvalue weighted by molar-refractivity contribution is 0.153. The number of rotatable bonds is 0. The molecule has 0 saturated heterocycles. The Balaban J connectivity index is 0.000000197. The number of hydrogen-bond acceptors (Lipinski definition) is 4. The van der Waals surface area contributed by atoms with E-state index in [1.54, 1.807) is 18.2 Å². The maximum atomic E-state index is 9.07. The van der Waals surface area contributed by atoms with Crippen molar-refractivity contribution in [2.24, 2.45) is 5.73 Å². The number of ether oxygens (including phenoxy) is 1. The second-order valence-corrected chi connectivity index (χ2v) is 8.76. The van der Waals surface area contributed by atoms with Crippen LogP contribution in [0.2, 0.25) is 0 Å². The fourth-order valence-corrected chi connectivity index (χ4v) is 3.49. The van der Waals surface area contributed by atoms with Gasteiger partial charge in [0.05, 0.1) is 6.61 Å². The largest absolute Gasteiger partial charge is 0.510 e. The normalized spacial score (nSPS) is 26.2. The molecule has 0 fully saturated rings. The van der Waals surface area contributed by atoms with Crippen molar-refractivity contribution in [3.05, 3.63) is 65.1 Å². The first-order valence-corrected chi connectivity index (χ1v) is 9.50. The van der Waals surface area contributed by atoms with Crippen molar-refractivity contribution >= 4 is 12.6 Å². The molecule has 26 heavy (non-hydrogen) atoms. The fourth-order valence-electron chi connectivity index (χ4n) is 3.29. The molecule has 1 aliphatic heterocycles. The minimum absolute atomic E-state index is 0.191. The summed E-state index contributed by atoms with van der Waals surface area (Å²) >= 11 is 4.45. The van der Waals surface area contributed by atoms with Crippen LogP contribution >= 0.6 is 12.6 Å². The van der Waals surface area contributed by atoms with Crippen molar-refractivity contribution in [3.63, 3.8) is 0 Å². The van der Waals surface area contributed by atoms with Crippen LogP contribution in [-0.2, 0) is 15.6 Å². The van der Waals surface area contributed by atoms with Crippen molar-refractivity contribution in [1.82, 2.24) is 0 Å². The molecule has 3 nitrogen and oxygen atoms in total. The summed E-state index contributed by atoms with van der Waals surface area (Å²) in [6.45, 7) is 10.1. The Morgan fingerprint density at radius 3 is 2.38 bits per heavy atom. The Labute approximate surface area is 163 Å². The van der Waals surface area contributed by atoms with Gasteiger partial charge < -0.3 is 15.6 Å². The van der Waals surface area contributed by atoms with Crippen molar-refractivity contribution < 1.29 is 9.84 Å². The maximum Gasteiger partial charge on any atom is 0.118 e. The second-order valence-electron chi connectivity index (χ2n) is 8.24. The summed E-state index contributed by atoms with van der Waals surface area (Å²) in [4.78, 5) is 1.08. The summed E-state index contributed by atoms with van der Waals surface area (Å²) in [5.74, 6) is 0.191. The summed E-state index contributed by atoms with van der Waals surface area (Å²) in [5.41, 5.74) is 9.75. The molecule has 0 saturated carbocycles. The van der Waals surface area contributed by atoms with Gasteiger partial charge in [-0.15, -0.1) is 12.6 Å². The standard InChI is InChI=1S/C14H20S.C8H11NO2/c1-13(2)7-8-14(3,4)12-9-10(15)5-6-11(12)13;9-7-2-1-5-11-6-8(10)4-3-7/h5-6,9,15H,7-8H2,1-4H3;1-4,10H,5-6,9H2/b;2-1-,7-3+,8-4+. The maximum absolute atomic E-state index is 9.07. The molecule has 0 unspecified atom stereocenters. The quantitative estimate of drug-likeness (QED) is 0.549. The third-order valence-electron chi connectivity index (χ3n) is 5.08. The average Bonchev–Trinajstić information content (AvgIpc) is 2.66. The van der Waals surface area contributed by atoms with Gasteiger partial charge in [-0.3, -0.25) is 0 Å². The number of aliphatic hydroxyl groups is 1. The number of thiol groups is 1. The zero-order valence-corrected chi connectivity index (χ0v) is 17.1. The number of benzene rings is 1. The number of nitrogens with two attached hydrogens (primary N) is 1. The van der Waals surface area contributed by atoms with E-state index in [-0.39, 0.29) is 12.4 Å². The van der Waals surface area contributed by atoms with Crippen LogP contribution in [0.3, 0.4) is 0 Å². The zero-order valence-electron chi connectivity index (χ0n) is 16.2. The van der Waals surface area contributed by atoms with E-state index in [1.165, 1.54) is 30.0 Å². The predicted molar refractivity (Wildman–Crippen MR) is 112 cm³/mol. The van der Waals surface area contributed by atoms with Gasteiger partial charge in [0.2, 0.25) is 0 Å². The van der Waals surface area contributed by atoms with Gasteiger partial charge in [0.1, 0.15) is 12.4 Å². The number of fused-ring (bicyclic) bond motifs is 1. The highest BCUT2D eigenvalue weighted by Gasteiger charge is 2.36. The lowest BCUT2D eigenvalue weighted by atomic mass is 9.63. The van der Waals surface area contributed by atoms with E-state index in [0.717, 1.165) is 4.90 Å². The van der Waals surface area contributed by atoms with Crippen molar-refractivity contribution in [2.45, 2.75) is 56.3 Å². The number of aliphatic hydroxyl groups excluding tert-OH is 1. The van der Waals surface area contributed by atoms with E-state index in [2.05, 4.69) is 58.5 Å². The van der Waals surface area contributed by atoms with Crippen LogP contribution in [0, 0.1) is 0 Å². The summed E-state index contributed by atoms with van der Waals surface area (Å²) < 4.78 is 5.02. The first-order chi connectivity index (χ1) is 12.1. The van der Waals surface area contributed by atoms with Crippen molar-refractivity contribution in [2.75, 3.05) is 13.2 Å². The molecule has 2 aliphatic rings. The Morgan fingerprint density at radius 2 is 1.69 bits per heavy atom. The molecule has 3 N–H and O–H groups in total. The van der Waals surface area contributed by atoms with Gasteiger partial charge in [-0.25, -0.2) is 0 Å². The van der Waals surface area contributed by atoms with Gasteiger partial charge in [0.25, 0.3) is 0 Å². The second kappa shape index (κ2) is 8.36. The van der Waals surface area contributed by atoms with Gasteiger partial charge in [0.15, 0.2) is 0 Å². The van der Waals surface area contributed by atoms with E-state index in [0.29, 0.717) is 23.1 Å². The molecule has 1 aromatic rings. The van der Waals surface area contributed by atoms with Gasteiger partial charge in [-0.1, -0.05) is 39.8 Å². The first-order valence-electron chi connectivity index (χ1n) is 9.05. The Kier molecular flexibility index (Phi) is 6.64. The highest BCUT2D eigenvalue weighted by Crippen LogP contribution is 2.46. The summed E-state index contributed by atoms with van der Waals surface area (Å²) in [5, 5.41) is 9.07. The SMILES string of the molecule is CC1(C)CCC(C)(C)c2cc(S)ccc21.NC1=C/C=C(/O)COC/C=C\1. The van der Waals surface area contributed by atoms with Crippen LogP contribution in [0.25, 0.3) is 0 Å². The Hall–Kier alpha value is -1.65. The van der Waals surface area contributed by atoms with Crippen molar-refractivity contribution in [1.29, 1.82) is 0 Å². The minimum atomic E-state index is 0.191. The van der Waals surface area contributed by atoms with Crippen LogP contribution in [0.15, 0.2) is 58.9 Å². The number of allylic oxidation sites excluding steroid dienone is 3. The van der Waals surface area contributed by atoms with Crippen molar-refractivity contribution in [3.8, 4) is 0 Å². The van der Waals surface area contributed by atoms with E-state index in [1.807, 2.05) is 0 Å². The van der Waals surface area contributed by atoms with E-state index in [9.17, 15) is 0 Å². The molecule has 4 heteroatoms. The summed E-state index contributed by atoms with van der Waals surface area (Å²) in [6, 6.07) is 6.63. The monoisotopic (exact) mass is 373 g/mol.